The molecule has 9 heteroatoms. The first-order chi connectivity index (χ1) is 9.78. The maximum absolute atomic E-state index is 12.6. The Balaban J connectivity index is 2.52. The third kappa shape index (κ3) is 2.71. The molecule has 1 aromatic carbocycles. The van der Waals surface area contributed by atoms with Crippen molar-refractivity contribution in [3.8, 4) is 5.75 Å². The van der Waals surface area contributed by atoms with Crippen LogP contribution in [0.5, 0.6) is 5.75 Å². The first kappa shape index (κ1) is 15.7. The van der Waals surface area contributed by atoms with Gasteiger partial charge < -0.3 is 10.5 Å². The van der Waals surface area contributed by atoms with Crippen molar-refractivity contribution < 1.29 is 18.1 Å². The molecule has 0 aliphatic carbocycles. The Bertz CT molecular complexity index is 661. The first-order valence-corrected chi connectivity index (χ1v) is 7.83. The van der Waals surface area contributed by atoms with Crippen molar-refractivity contribution in [3.63, 3.8) is 0 Å². The summed E-state index contributed by atoms with van der Waals surface area (Å²) in [4.78, 5) is 10.1. The van der Waals surface area contributed by atoms with E-state index in [4.69, 9.17) is 10.5 Å². The number of methoxy groups -OCH3 is 1. The predicted octanol–water partition coefficient (Wildman–Crippen LogP) is 0.714. The highest BCUT2D eigenvalue weighted by Crippen LogP contribution is 2.33. The Labute approximate surface area is 122 Å². The van der Waals surface area contributed by atoms with Gasteiger partial charge in [-0.2, -0.15) is 4.31 Å². The van der Waals surface area contributed by atoms with Crippen LogP contribution in [0.2, 0.25) is 0 Å². The highest BCUT2D eigenvalue weighted by molar-refractivity contribution is 7.89. The number of nitrogens with zero attached hydrogens (tertiary/aromatic N) is 2. The van der Waals surface area contributed by atoms with Crippen molar-refractivity contribution in [1.29, 1.82) is 0 Å². The van der Waals surface area contributed by atoms with Gasteiger partial charge >= 0.3 is 0 Å². The summed E-state index contributed by atoms with van der Waals surface area (Å²) >= 11 is 0. The molecule has 2 rings (SSSR count). The van der Waals surface area contributed by atoms with E-state index in [1.807, 2.05) is 0 Å². The molecule has 1 heterocycles. The van der Waals surface area contributed by atoms with E-state index in [0.717, 1.165) is 6.07 Å². The molecule has 0 aromatic heterocycles. The van der Waals surface area contributed by atoms with Gasteiger partial charge in [-0.15, -0.1) is 0 Å². The van der Waals surface area contributed by atoms with Gasteiger partial charge in [-0.05, 0) is 25.5 Å². The van der Waals surface area contributed by atoms with E-state index in [9.17, 15) is 18.5 Å². The molecule has 2 atom stereocenters. The van der Waals surface area contributed by atoms with Crippen molar-refractivity contribution >= 4 is 15.7 Å². The van der Waals surface area contributed by atoms with E-state index >= 15 is 0 Å². The lowest BCUT2D eigenvalue weighted by Crippen LogP contribution is -2.40. The fourth-order valence-electron chi connectivity index (χ4n) is 2.39. The van der Waals surface area contributed by atoms with Gasteiger partial charge in [0, 0.05) is 18.6 Å². The normalized spacial score (nSPS) is 23.2. The summed E-state index contributed by atoms with van der Waals surface area (Å²) in [6.07, 6.45) is 0.532. The fourth-order valence-corrected chi connectivity index (χ4v) is 4.22. The standard InChI is InChI=1S/C12H17N3O5S/c1-8-10(13)5-6-14(8)21(18,19)12-4-3-9(20-2)7-11(12)15(16)17/h3-4,7-8,10H,5-6,13H2,1-2H3. The highest BCUT2D eigenvalue weighted by atomic mass is 32.2. The average molecular weight is 315 g/mol. The lowest BCUT2D eigenvalue weighted by atomic mass is 10.2. The highest BCUT2D eigenvalue weighted by Gasteiger charge is 2.40. The lowest BCUT2D eigenvalue weighted by molar-refractivity contribution is -0.387. The molecule has 0 amide bonds. The minimum absolute atomic E-state index is 0.229. The summed E-state index contributed by atoms with van der Waals surface area (Å²) in [5.74, 6) is 0.229. The molecule has 1 fully saturated rings. The van der Waals surface area contributed by atoms with Crippen LogP contribution in [0.1, 0.15) is 13.3 Å². The summed E-state index contributed by atoms with van der Waals surface area (Å²) in [7, 11) is -2.61. The Morgan fingerprint density at radius 2 is 2.14 bits per heavy atom. The molecule has 1 aliphatic heterocycles. The Kier molecular flexibility index (Phi) is 4.17. The number of rotatable bonds is 4. The third-order valence-corrected chi connectivity index (χ3v) is 5.74. The monoisotopic (exact) mass is 315 g/mol. The van der Waals surface area contributed by atoms with Crippen molar-refractivity contribution in [2.75, 3.05) is 13.7 Å². The number of sulfonamides is 1. The summed E-state index contributed by atoms with van der Waals surface area (Å²) in [5.41, 5.74) is 5.33. The van der Waals surface area contributed by atoms with Crippen molar-refractivity contribution in [3.05, 3.63) is 28.3 Å². The van der Waals surface area contributed by atoms with Gasteiger partial charge in [0.25, 0.3) is 5.69 Å². The molecule has 2 N–H and O–H groups in total. The second-order valence-electron chi connectivity index (χ2n) is 4.90. The minimum atomic E-state index is -3.97. The summed E-state index contributed by atoms with van der Waals surface area (Å²) in [6, 6.07) is 3.03. The molecule has 0 radical (unpaired) electrons. The number of ether oxygens (including phenoxy) is 1. The van der Waals surface area contributed by atoms with Crippen LogP contribution in [-0.2, 0) is 10.0 Å². The molecular weight excluding hydrogens is 298 g/mol. The zero-order valence-electron chi connectivity index (χ0n) is 11.7. The van der Waals surface area contributed by atoms with E-state index in [0.29, 0.717) is 6.42 Å². The van der Waals surface area contributed by atoms with Crippen LogP contribution in [-0.4, -0.2) is 43.4 Å². The smallest absolute Gasteiger partial charge is 0.293 e. The number of nitro groups is 1. The van der Waals surface area contributed by atoms with Crippen molar-refractivity contribution in [2.24, 2.45) is 5.73 Å². The molecule has 21 heavy (non-hydrogen) atoms. The van der Waals surface area contributed by atoms with Crippen molar-refractivity contribution in [1.82, 2.24) is 4.31 Å². The average Bonchev–Trinajstić information content (AvgIpc) is 2.78. The Morgan fingerprint density at radius 1 is 1.48 bits per heavy atom. The van der Waals surface area contributed by atoms with E-state index in [1.54, 1.807) is 6.92 Å². The lowest BCUT2D eigenvalue weighted by Gasteiger charge is -2.22. The number of hydrogen-bond donors (Lipinski definition) is 1. The van der Waals surface area contributed by atoms with E-state index < -0.39 is 26.7 Å². The number of nitro benzene ring substituents is 1. The zero-order valence-corrected chi connectivity index (χ0v) is 12.5. The van der Waals surface area contributed by atoms with Gasteiger partial charge in [-0.1, -0.05) is 0 Å². The molecule has 8 nitrogen and oxygen atoms in total. The second-order valence-corrected chi connectivity index (χ2v) is 6.76. The molecule has 0 spiro atoms. The van der Waals surface area contributed by atoms with Crippen LogP contribution in [0.25, 0.3) is 0 Å². The molecule has 2 unspecified atom stereocenters. The van der Waals surface area contributed by atoms with Gasteiger partial charge in [0.2, 0.25) is 10.0 Å². The van der Waals surface area contributed by atoms with Crippen LogP contribution in [0.15, 0.2) is 23.1 Å². The molecule has 1 aliphatic rings. The van der Waals surface area contributed by atoms with E-state index in [1.165, 1.54) is 23.5 Å². The topological polar surface area (TPSA) is 116 Å². The van der Waals surface area contributed by atoms with Crippen LogP contribution in [0.4, 0.5) is 5.69 Å². The van der Waals surface area contributed by atoms with Crippen LogP contribution >= 0.6 is 0 Å². The SMILES string of the molecule is COc1ccc(S(=O)(=O)N2CCC(N)C2C)c([N+](=O)[O-])c1. The van der Waals surface area contributed by atoms with Gasteiger partial charge in [0.1, 0.15) is 5.75 Å². The van der Waals surface area contributed by atoms with Gasteiger partial charge in [0.05, 0.1) is 18.1 Å². The molecule has 116 valence electrons. The summed E-state index contributed by atoms with van der Waals surface area (Å²) in [5, 5.41) is 11.1. The minimum Gasteiger partial charge on any atom is -0.497 e. The maximum Gasteiger partial charge on any atom is 0.293 e. The fraction of sp³-hybridized carbons (Fsp3) is 0.500. The van der Waals surface area contributed by atoms with E-state index in [-0.39, 0.29) is 23.2 Å². The third-order valence-electron chi connectivity index (χ3n) is 3.71. The largest absolute Gasteiger partial charge is 0.497 e. The van der Waals surface area contributed by atoms with E-state index in [2.05, 4.69) is 0 Å². The predicted molar refractivity (Wildman–Crippen MR) is 75.6 cm³/mol. The van der Waals surface area contributed by atoms with Gasteiger partial charge in [-0.3, -0.25) is 10.1 Å². The van der Waals surface area contributed by atoms with Crippen LogP contribution < -0.4 is 10.5 Å². The summed E-state index contributed by atoms with van der Waals surface area (Å²) in [6.45, 7) is 1.96. The first-order valence-electron chi connectivity index (χ1n) is 6.39. The molecule has 0 saturated carbocycles. The van der Waals surface area contributed by atoms with Gasteiger partial charge in [-0.25, -0.2) is 8.42 Å². The Morgan fingerprint density at radius 3 is 2.62 bits per heavy atom. The molecule has 1 saturated heterocycles. The van der Waals surface area contributed by atoms with Crippen LogP contribution in [0, 0.1) is 10.1 Å². The molecule has 1 aromatic rings. The van der Waals surface area contributed by atoms with Crippen molar-refractivity contribution in [2.45, 2.75) is 30.3 Å². The van der Waals surface area contributed by atoms with Crippen LogP contribution in [0.3, 0.4) is 0 Å². The molecular formula is C12H17N3O5S. The number of benzene rings is 1. The zero-order chi connectivity index (χ0) is 15.8. The number of hydrogen-bond acceptors (Lipinski definition) is 6. The molecule has 0 bridgehead atoms. The Hall–Kier alpha value is -1.71. The van der Waals surface area contributed by atoms with Gasteiger partial charge in [0.15, 0.2) is 4.90 Å². The quantitative estimate of drug-likeness (QED) is 0.646. The second kappa shape index (κ2) is 5.58. The maximum atomic E-state index is 12.6. The number of nitrogens with two attached hydrogens (primary N) is 1. The summed E-state index contributed by atoms with van der Waals surface area (Å²) < 4.78 is 31.4.